The molecule has 0 saturated carbocycles. The molecule has 50 heavy (non-hydrogen) atoms. The smallest absolute Gasteiger partial charge is 0.0561 e. The maximum Gasteiger partial charge on any atom is 0.0561 e. The molecule has 0 radical (unpaired) electrons. The first-order valence-corrected chi connectivity index (χ1v) is 17.9. The first-order valence-electron chi connectivity index (χ1n) is 17.9. The summed E-state index contributed by atoms with van der Waals surface area (Å²) < 4.78 is 0. The Labute approximate surface area is 298 Å². The monoisotopic (exact) mass is 652 g/mol. The number of rotatable bonds is 6. The number of hydrogen-bond acceptors (Lipinski definition) is 2. The maximum absolute atomic E-state index is 2.46. The summed E-state index contributed by atoms with van der Waals surface area (Å²) in [7, 11) is 0. The van der Waals surface area contributed by atoms with Gasteiger partial charge in [-0.15, -0.1) is 0 Å². The Hall–Kier alpha value is -5.34. The quantitative estimate of drug-likeness (QED) is 0.177. The molecule has 1 aliphatic rings. The Morgan fingerprint density at radius 2 is 1.06 bits per heavy atom. The molecule has 1 unspecified atom stereocenters. The van der Waals surface area contributed by atoms with Gasteiger partial charge < -0.3 is 9.80 Å². The van der Waals surface area contributed by atoms with E-state index in [0.717, 1.165) is 34.9 Å². The van der Waals surface area contributed by atoms with E-state index in [1.54, 1.807) is 0 Å². The lowest BCUT2D eigenvalue weighted by Gasteiger charge is -2.33. The molecule has 6 aromatic rings. The molecule has 1 atom stereocenters. The van der Waals surface area contributed by atoms with Gasteiger partial charge in [0.05, 0.1) is 11.4 Å². The fourth-order valence-corrected chi connectivity index (χ4v) is 6.89. The standard InChI is InChI=1S/C48H48N2/c1-33-12-21-39(22-13-33)49(40-23-14-34(2)15-24-40)46-32-47(50(41-25-16-35(3)17-26-41)42-27-18-36(4)19-28-42)44-29-20-37-30-38(48(5,6)7)10-8-9-11-43(46)45(44)31-37/h8-14,16-32,34H,15H2,1-7H3. The predicted octanol–water partition coefficient (Wildman–Crippen LogP) is 13.9. The molecule has 0 aliphatic heterocycles. The Kier molecular flexibility index (Phi) is 8.97. The lowest BCUT2D eigenvalue weighted by molar-refractivity contribution is 0.591. The molecule has 0 aromatic heterocycles. The highest BCUT2D eigenvalue weighted by atomic mass is 15.2. The third-order valence-corrected chi connectivity index (χ3v) is 9.91. The van der Waals surface area contributed by atoms with E-state index in [-0.39, 0.29) is 5.41 Å². The van der Waals surface area contributed by atoms with E-state index in [0.29, 0.717) is 5.92 Å². The molecule has 0 saturated heterocycles. The van der Waals surface area contributed by atoms with Crippen molar-refractivity contribution in [2.45, 2.75) is 60.3 Å². The Morgan fingerprint density at radius 1 is 0.540 bits per heavy atom. The van der Waals surface area contributed by atoms with E-state index in [9.17, 15) is 0 Å². The molecule has 250 valence electrons. The van der Waals surface area contributed by atoms with Crippen LogP contribution in [0, 0.1) is 26.7 Å². The molecular formula is C48H48N2. The van der Waals surface area contributed by atoms with Crippen LogP contribution in [0.5, 0.6) is 0 Å². The van der Waals surface area contributed by atoms with Crippen molar-refractivity contribution in [1.82, 2.24) is 0 Å². The molecule has 0 amide bonds. The molecule has 6 aromatic carbocycles. The number of allylic oxidation sites excluding steroid dienone is 3. The van der Waals surface area contributed by atoms with Crippen LogP contribution in [0.2, 0.25) is 0 Å². The van der Waals surface area contributed by atoms with Gasteiger partial charge >= 0.3 is 0 Å². The minimum absolute atomic E-state index is 0.0151. The summed E-state index contributed by atoms with van der Waals surface area (Å²) in [6.45, 7) is 15.6. The largest absolute Gasteiger partial charge is 0.310 e. The predicted molar refractivity (Wildman–Crippen MR) is 217 cm³/mol. The van der Waals surface area contributed by atoms with Gasteiger partial charge in [0.2, 0.25) is 0 Å². The van der Waals surface area contributed by atoms with Crippen LogP contribution in [0.1, 0.15) is 56.4 Å². The summed E-state index contributed by atoms with van der Waals surface area (Å²) in [5.41, 5.74) is 11.9. The summed E-state index contributed by atoms with van der Waals surface area (Å²) in [6, 6.07) is 47.6. The van der Waals surface area contributed by atoms with Crippen molar-refractivity contribution in [2.24, 2.45) is 5.92 Å². The Morgan fingerprint density at radius 3 is 1.60 bits per heavy atom. The molecule has 0 fully saturated rings. The summed E-state index contributed by atoms with van der Waals surface area (Å²) in [5.74, 6) is 0.512. The van der Waals surface area contributed by atoms with Crippen molar-refractivity contribution in [3.63, 3.8) is 0 Å². The van der Waals surface area contributed by atoms with Gasteiger partial charge in [-0.3, -0.25) is 0 Å². The van der Waals surface area contributed by atoms with Crippen molar-refractivity contribution >= 4 is 50.0 Å². The second-order valence-corrected chi connectivity index (χ2v) is 15.1. The van der Waals surface area contributed by atoms with Gasteiger partial charge in [-0.2, -0.15) is 0 Å². The van der Waals surface area contributed by atoms with Crippen LogP contribution >= 0.6 is 0 Å². The van der Waals surface area contributed by atoms with Crippen molar-refractivity contribution in [3.8, 4) is 0 Å². The van der Waals surface area contributed by atoms with Crippen molar-refractivity contribution in [2.75, 3.05) is 9.80 Å². The number of anilines is 5. The molecular weight excluding hydrogens is 605 g/mol. The van der Waals surface area contributed by atoms with E-state index in [1.165, 1.54) is 49.5 Å². The van der Waals surface area contributed by atoms with Gasteiger partial charge in [-0.1, -0.05) is 135 Å². The number of hydrogen-bond donors (Lipinski definition) is 0. The van der Waals surface area contributed by atoms with Gasteiger partial charge in [0.25, 0.3) is 0 Å². The van der Waals surface area contributed by atoms with Crippen molar-refractivity contribution < 1.29 is 0 Å². The molecule has 2 heteroatoms. The highest BCUT2D eigenvalue weighted by Crippen LogP contribution is 2.47. The van der Waals surface area contributed by atoms with E-state index in [4.69, 9.17) is 0 Å². The molecule has 0 spiro atoms. The van der Waals surface area contributed by atoms with Crippen molar-refractivity contribution in [1.29, 1.82) is 0 Å². The van der Waals surface area contributed by atoms with Crippen LogP contribution < -0.4 is 9.80 Å². The zero-order chi connectivity index (χ0) is 35.0. The van der Waals surface area contributed by atoms with Gasteiger partial charge in [0.15, 0.2) is 0 Å². The molecule has 2 bridgehead atoms. The third-order valence-electron chi connectivity index (χ3n) is 9.91. The summed E-state index contributed by atoms with van der Waals surface area (Å²) in [5, 5.41) is 4.83. The van der Waals surface area contributed by atoms with E-state index in [2.05, 4.69) is 204 Å². The lowest BCUT2D eigenvalue weighted by Crippen LogP contribution is -2.19. The average molecular weight is 653 g/mol. The fourth-order valence-electron chi connectivity index (χ4n) is 6.89. The number of aryl methyl sites for hydroxylation is 3. The molecule has 7 rings (SSSR count). The minimum atomic E-state index is 0.0151. The van der Waals surface area contributed by atoms with Crippen LogP contribution in [0.4, 0.5) is 28.4 Å². The first kappa shape index (κ1) is 33.2. The maximum atomic E-state index is 2.46. The highest BCUT2D eigenvalue weighted by molar-refractivity contribution is 6.15. The van der Waals surface area contributed by atoms with Gasteiger partial charge in [-0.05, 0) is 109 Å². The molecule has 2 nitrogen and oxygen atoms in total. The fraction of sp³-hybridized carbons (Fsp3) is 0.208. The van der Waals surface area contributed by atoms with Crippen LogP contribution in [0.25, 0.3) is 21.5 Å². The third kappa shape index (κ3) is 6.76. The number of fused-ring (bicyclic) bond motifs is 1. The van der Waals surface area contributed by atoms with Gasteiger partial charge in [0.1, 0.15) is 0 Å². The molecule has 0 heterocycles. The Balaban J connectivity index is 1.62. The van der Waals surface area contributed by atoms with Gasteiger partial charge in [-0.25, -0.2) is 0 Å². The first-order chi connectivity index (χ1) is 24.0. The summed E-state index contributed by atoms with van der Waals surface area (Å²) in [4.78, 5) is 4.89. The van der Waals surface area contributed by atoms with Crippen LogP contribution in [-0.2, 0) is 5.41 Å². The van der Waals surface area contributed by atoms with E-state index >= 15 is 0 Å². The zero-order valence-electron chi connectivity index (χ0n) is 30.5. The average Bonchev–Trinajstić information content (AvgIpc) is 3.10. The summed E-state index contributed by atoms with van der Waals surface area (Å²) in [6.07, 6.45) is 8.06. The topological polar surface area (TPSA) is 6.48 Å². The number of nitrogens with zero attached hydrogens (tertiary/aromatic N) is 2. The Bertz CT molecular complexity index is 2200. The van der Waals surface area contributed by atoms with Crippen LogP contribution in [0.3, 0.4) is 0 Å². The van der Waals surface area contributed by atoms with E-state index < -0.39 is 0 Å². The SMILES string of the molecule is Cc1ccc(N(C2=CCC(C)C=C2)c2cc(N(c3ccc(C)cc3)c3ccc(C)cc3)c3ccc4cc(C(C)(C)C)ccccc2c3c4)cc1. The molecule has 0 N–H and O–H groups in total. The van der Waals surface area contributed by atoms with Gasteiger partial charge in [0, 0.05) is 33.5 Å². The van der Waals surface area contributed by atoms with Crippen LogP contribution in [0.15, 0.2) is 151 Å². The zero-order valence-corrected chi connectivity index (χ0v) is 30.5. The van der Waals surface area contributed by atoms with E-state index in [1.807, 2.05) is 0 Å². The second-order valence-electron chi connectivity index (χ2n) is 15.1. The lowest BCUT2D eigenvalue weighted by atomic mass is 9.87. The molecule has 1 aliphatic carbocycles. The number of benzene rings is 5. The highest BCUT2D eigenvalue weighted by Gasteiger charge is 2.24. The normalized spacial score (nSPS) is 14.5. The summed E-state index contributed by atoms with van der Waals surface area (Å²) >= 11 is 0. The minimum Gasteiger partial charge on any atom is -0.310 e. The van der Waals surface area contributed by atoms with Crippen molar-refractivity contribution in [3.05, 3.63) is 174 Å². The van der Waals surface area contributed by atoms with Crippen LogP contribution in [-0.4, -0.2) is 0 Å². The second kappa shape index (κ2) is 13.5.